The number of halogens is 1. The molecule has 6 heteroatoms. The lowest BCUT2D eigenvalue weighted by Crippen LogP contribution is -2.28. The van der Waals surface area contributed by atoms with Crippen LogP contribution in [0, 0.1) is 0 Å². The van der Waals surface area contributed by atoms with Gasteiger partial charge in [-0.2, -0.15) is 0 Å². The van der Waals surface area contributed by atoms with E-state index in [1.54, 1.807) is 19.1 Å². The molecule has 0 unspecified atom stereocenters. The maximum Gasteiger partial charge on any atom is 0.338 e. The van der Waals surface area contributed by atoms with Crippen LogP contribution in [0.1, 0.15) is 45.2 Å². The maximum absolute atomic E-state index is 12.7. The number of carbonyl (C=O) groups excluding carboxylic acids is 2. The van der Waals surface area contributed by atoms with E-state index in [0.29, 0.717) is 16.8 Å². The third kappa shape index (κ3) is 4.94. The van der Waals surface area contributed by atoms with Gasteiger partial charge < -0.3 is 15.0 Å². The number of fused-ring (bicyclic) bond motifs is 1. The molecule has 0 aliphatic carbocycles. The molecule has 0 atom stereocenters. The molecule has 0 radical (unpaired) electrons. The van der Waals surface area contributed by atoms with E-state index in [2.05, 4.69) is 34.5 Å². The van der Waals surface area contributed by atoms with Crippen molar-refractivity contribution >= 4 is 34.9 Å². The third-order valence-electron chi connectivity index (χ3n) is 5.52. The van der Waals surface area contributed by atoms with Crippen molar-refractivity contribution in [3.63, 3.8) is 0 Å². The first-order valence-electron chi connectivity index (χ1n) is 10.7. The second-order valence-corrected chi connectivity index (χ2v) is 8.13. The van der Waals surface area contributed by atoms with Gasteiger partial charge in [-0.25, -0.2) is 4.79 Å². The van der Waals surface area contributed by atoms with Crippen molar-refractivity contribution in [1.82, 2.24) is 0 Å². The summed E-state index contributed by atoms with van der Waals surface area (Å²) >= 11 is 6.25. The van der Waals surface area contributed by atoms with Gasteiger partial charge in [-0.3, -0.25) is 4.79 Å². The van der Waals surface area contributed by atoms with E-state index < -0.39 is 5.97 Å². The Morgan fingerprint density at radius 1 is 1.03 bits per heavy atom. The van der Waals surface area contributed by atoms with Crippen LogP contribution in [0.15, 0.2) is 66.7 Å². The number of aryl methyl sites for hydroxylation is 1. The van der Waals surface area contributed by atoms with E-state index in [0.717, 1.165) is 31.5 Å². The smallest absolute Gasteiger partial charge is 0.338 e. The molecule has 0 spiro atoms. The van der Waals surface area contributed by atoms with Crippen LogP contribution in [0.3, 0.4) is 0 Å². The topological polar surface area (TPSA) is 58.6 Å². The number of nitrogens with zero attached hydrogens (tertiary/aromatic N) is 1. The molecule has 0 aromatic heterocycles. The van der Waals surface area contributed by atoms with Gasteiger partial charge in [-0.1, -0.05) is 41.9 Å². The monoisotopic (exact) mass is 448 g/mol. The Balaban J connectivity index is 1.41. The van der Waals surface area contributed by atoms with E-state index in [1.807, 2.05) is 24.3 Å². The number of amides is 1. The number of nitrogens with one attached hydrogen (secondary N) is 1. The first-order chi connectivity index (χ1) is 15.5. The fourth-order valence-electron chi connectivity index (χ4n) is 3.91. The summed E-state index contributed by atoms with van der Waals surface area (Å²) in [4.78, 5) is 26.9. The molecular formula is C26H25ClN2O3. The predicted octanol–water partition coefficient (Wildman–Crippen LogP) is 5.72. The summed E-state index contributed by atoms with van der Waals surface area (Å²) in [6.45, 7) is 3.86. The Kier molecular flexibility index (Phi) is 6.76. The first-order valence-corrected chi connectivity index (χ1v) is 11.1. The minimum atomic E-state index is -0.445. The molecule has 3 aromatic rings. The number of rotatable bonds is 6. The summed E-state index contributed by atoms with van der Waals surface area (Å²) in [6, 6.07) is 20.8. The minimum absolute atomic E-state index is 0.259. The largest absolute Gasteiger partial charge is 0.462 e. The average molecular weight is 449 g/mol. The van der Waals surface area contributed by atoms with Gasteiger partial charge >= 0.3 is 5.97 Å². The van der Waals surface area contributed by atoms with Crippen molar-refractivity contribution in [2.75, 3.05) is 23.4 Å². The van der Waals surface area contributed by atoms with Crippen LogP contribution in [0.5, 0.6) is 0 Å². The fraction of sp³-hybridized carbons (Fsp3) is 0.231. The lowest BCUT2D eigenvalue weighted by Gasteiger charge is -2.31. The summed E-state index contributed by atoms with van der Waals surface area (Å²) in [5, 5.41) is 3.09. The van der Waals surface area contributed by atoms with Gasteiger partial charge in [0, 0.05) is 24.3 Å². The van der Waals surface area contributed by atoms with E-state index in [9.17, 15) is 9.59 Å². The lowest BCUT2D eigenvalue weighted by molar-refractivity contribution is 0.0526. The SMILES string of the molecule is CCOC(=O)c1ccc(NC(=O)c2ccc(CN3CCCc4ccccc43)cc2)c(Cl)c1. The molecule has 1 N–H and O–H groups in total. The van der Waals surface area contributed by atoms with Crippen molar-refractivity contribution in [2.45, 2.75) is 26.3 Å². The van der Waals surface area contributed by atoms with Crippen molar-refractivity contribution in [2.24, 2.45) is 0 Å². The van der Waals surface area contributed by atoms with Crippen LogP contribution in [0.25, 0.3) is 0 Å². The zero-order valence-electron chi connectivity index (χ0n) is 17.9. The Hall–Kier alpha value is -3.31. The lowest BCUT2D eigenvalue weighted by atomic mass is 10.0. The zero-order chi connectivity index (χ0) is 22.5. The molecule has 0 saturated carbocycles. The van der Waals surface area contributed by atoms with Crippen LogP contribution in [0.2, 0.25) is 5.02 Å². The highest BCUT2D eigenvalue weighted by Gasteiger charge is 2.17. The molecule has 0 bridgehead atoms. The van der Waals surface area contributed by atoms with Gasteiger partial charge in [0.2, 0.25) is 0 Å². The number of esters is 1. The summed E-state index contributed by atoms with van der Waals surface area (Å²) in [5.74, 6) is -0.704. The number of benzene rings is 3. The highest BCUT2D eigenvalue weighted by atomic mass is 35.5. The van der Waals surface area contributed by atoms with Crippen molar-refractivity contribution in [1.29, 1.82) is 0 Å². The molecule has 32 heavy (non-hydrogen) atoms. The van der Waals surface area contributed by atoms with Crippen LogP contribution in [-0.4, -0.2) is 25.0 Å². The Morgan fingerprint density at radius 3 is 2.53 bits per heavy atom. The van der Waals surface area contributed by atoms with Gasteiger partial charge in [0.1, 0.15) is 0 Å². The second kappa shape index (κ2) is 9.88. The van der Waals surface area contributed by atoms with Crippen molar-refractivity contribution in [3.05, 3.63) is 94.0 Å². The number of carbonyl (C=O) groups is 2. The molecule has 4 rings (SSSR count). The molecule has 164 valence electrons. The summed E-state index contributed by atoms with van der Waals surface area (Å²) in [7, 11) is 0. The van der Waals surface area contributed by atoms with Gasteiger partial charge in [-0.05, 0) is 67.3 Å². The Labute approximate surface area is 193 Å². The summed E-state index contributed by atoms with van der Waals surface area (Å²) in [6.07, 6.45) is 2.27. The van der Waals surface area contributed by atoms with E-state index in [1.165, 1.54) is 17.3 Å². The molecular weight excluding hydrogens is 424 g/mol. The van der Waals surface area contributed by atoms with Crippen molar-refractivity contribution in [3.8, 4) is 0 Å². The number of anilines is 2. The number of hydrogen-bond donors (Lipinski definition) is 1. The van der Waals surface area contributed by atoms with E-state index in [-0.39, 0.29) is 17.5 Å². The quantitative estimate of drug-likeness (QED) is 0.490. The molecule has 5 nitrogen and oxygen atoms in total. The Morgan fingerprint density at radius 2 is 1.78 bits per heavy atom. The zero-order valence-corrected chi connectivity index (χ0v) is 18.7. The van der Waals surface area contributed by atoms with Gasteiger partial charge in [0.25, 0.3) is 5.91 Å². The molecule has 0 fully saturated rings. The van der Waals surface area contributed by atoms with E-state index in [4.69, 9.17) is 16.3 Å². The van der Waals surface area contributed by atoms with Crippen LogP contribution in [0.4, 0.5) is 11.4 Å². The number of para-hydroxylation sites is 1. The molecule has 1 aliphatic rings. The van der Waals surface area contributed by atoms with Gasteiger partial charge in [-0.15, -0.1) is 0 Å². The van der Waals surface area contributed by atoms with Gasteiger partial charge in [0.05, 0.1) is 22.9 Å². The molecule has 1 aliphatic heterocycles. The fourth-order valence-corrected chi connectivity index (χ4v) is 4.14. The van der Waals surface area contributed by atoms with E-state index >= 15 is 0 Å². The van der Waals surface area contributed by atoms with Crippen molar-refractivity contribution < 1.29 is 14.3 Å². The van der Waals surface area contributed by atoms with Crippen LogP contribution >= 0.6 is 11.6 Å². The minimum Gasteiger partial charge on any atom is -0.462 e. The standard InChI is InChI=1S/C26H25ClN2O3/c1-2-32-26(31)21-13-14-23(22(27)16-21)28-25(30)20-11-9-18(10-12-20)17-29-15-5-7-19-6-3-4-8-24(19)29/h3-4,6,8-14,16H,2,5,7,15,17H2,1H3,(H,28,30). The molecule has 1 amide bonds. The second-order valence-electron chi connectivity index (χ2n) is 7.72. The maximum atomic E-state index is 12.7. The average Bonchev–Trinajstić information content (AvgIpc) is 2.81. The molecule has 1 heterocycles. The Bertz CT molecular complexity index is 1130. The normalized spacial score (nSPS) is 12.8. The predicted molar refractivity (Wildman–Crippen MR) is 128 cm³/mol. The highest BCUT2D eigenvalue weighted by Crippen LogP contribution is 2.28. The number of hydrogen-bond acceptors (Lipinski definition) is 4. The number of ether oxygens (including phenoxy) is 1. The summed E-state index contributed by atoms with van der Waals surface area (Å²) in [5.41, 5.74) is 5.16. The third-order valence-corrected chi connectivity index (χ3v) is 5.84. The summed E-state index contributed by atoms with van der Waals surface area (Å²) < 4.78 is 4.97. The van der Waals surface area contributed by atoms with Gasteiger partial charge in [0.15, 0.2) is 0 Å². The van der Waals surface area contributed by atoms with Crippen LogP contribution in [-0.2, 0) is 17.7 Å². The van der Waals surface area contributed by atoms with Crippen LogP contribution < -0.4 is 10.2 Å². The first kappa shape index (κ1) is 21.9. The highest BCUT2D eigenvalue weighted by molar-refractivity contribution is 6.34. The molecule has 0 saturated heterocycles. The molecule has 3 aromatic carbocycles.